The Bertz CT molecular complexity index is 369. The minimum atomic E-state index is 0.590. The Labute approximate surface area is 124 Å². The first-order valence-electron chi connectivity index (χ1n) is 6.83. The van der Waals surface area contributed by atoms with E-state index in [9.17, 15) is 0 Å². The van der Waals surface area contributed by atoms with Crippen molar-refractivity contribution in [1.82, 2.24) is 5.32 Å². The van der Waals surface area contributed by atoms with Gasteiger partial charge in [-0.15, -0.1) is 0 Å². The number of nitrogens with one attached hydrogen (secondary N) is 1. The van der Waals surface area contributed by atoms with E-state index in [4.69, 9.17) is 9.47 Å². The number of ether oxygens (including phenoxy) is 2. The highest BCUT2D eigenvalue weighted by Crippen LogP contribution is 2.23. The van der Waals surface area contributed by atoms with Crippen LogP contribution in [0.3, 0.4) is 0 Å². The SMILES string of the molecule is CCOCCOc1ccc(Br)cc1CNCC(C)C. The molecule has 0 aliphatic rings. The predicted octanol–water partition coefficient (Wildman–Crippen LogP) is 3.61. The van der Waals surface area contributed by atoms with Crippen molar-refractivity contribution in [1.29, 1.82) is 0 Å². The molecule has 0 atom stereocenters. The van der Waals surface area contributed by atoms with Crippen molar-refractivity contribution < 1.29 is 9.47 Å². The van der Waals surface area contributed by atoms with Gasteiger partial charge in [-0.2, -0.15) is 0 Å². The van der Waals surface area contributed by atoms with Crippen molar-refractivity contribution in [3.05, 3.63) is 28.2 Å². The first kappa shape index (κ1) is 16.5. The van der Waals surface area contributed by atoms with Gasteiger partial charge in [0.05, 0.1) is 6.61 Å². The molecule has 0 spiro atoms. The first-order valence-corrected chi connectivity index (χ1v) is 7.62. The van der Waals surface area contributed by atoms with Crippen LogP contribution in [0.25, 0.3) is 0 Å². The van der Waals surface area contributed by atoms with E-state index in [1.807, 2.05) is 19.1 Å². The van der Waals surface area contributed by atoms with Gasteiger partial charge < -0.3 is 14.8 Å². The first-order chi connectivity index (χ1) is 9.13. The number of hydrogen-bond donors (Lipinski definition) is 1. The molecule has 1 N–H and O–H groups in total. The molecule has 3 nitrogen and oxygen atoms in total. The number of benzene rings is 1. The van der Waals surface area contributed by atoms with Gasteiger partial charge in [0.25, 0.3) is 0 Å². The smallest absolute Gasteiger partial charge is 0.123 e. The zero-order valence-electron chi connectivity index (χ0n) is 12.0. The molecule has 0 aliphatic carbocycles. The van der Waals surface area contributed by atoms with Crippen LogP contribution >= 0.6 is 15.9 Å². The van der Waals surface area contributed by atoms with E-state index in [0.29, 0.717) is 19.1 Å². The summed E-state index contributed by atoms with van der Waals surface area (Å²) in [5.74, 6) is 1.58. The summed E-state index contributed by atoms with van der Waals surface area (Å²) in [7, 11) is 0. The van der Waals surface area contributed by atoms with E-state index in [0.717, 1.165) is 29.9 Å². The normalized spacial score (nSPS) is 11.0. The summed E-state index contributed by atoms with van der Waals surface area (Å²) < 4.78 is 12.1. The maximum absolute atomic E-state index is 5.77. The highest BCUT2D eigenvalue weighted by Gasteiger charge is 2.05. The zero-order valence-corrected chi connectivity index (χ0v) is 13.6. The second-order valence-electron chi connectivity index (χ2n) is 4.82. The molecule has 0 radical (unpaired) electrons. The van der Waals surface area contributed by atoms with E-state index in [-0.39, 0.29) is 0 Å². The minimum absolute atomic E-state index is 0.590. The molecule has 19 heavy (non-hydrogen) atoms. The van der Waals surface area contributed by atoms with Crippen LogP contribution in [0.5, 0.6) is 5.75 Å². The molecule has 0 fully saturated rings. The highest BCUT2D eigenvalue weighted by molar-refractivity contribution is 9.10. The second kappa shape index (κ2) is 9.34. The molecule has 0 amide bonds. The van der Waals surface area contributed by atoms with Crippen molar-refractivity contribution >= 4 is 15.9 Å². The van der Waals surface area contributed by atoms with Crippen molar-refractivity contribution in [3.8, 4) is 5.75 Å². The summed E-state index contributed by atoms with van der Waals surface area (Å²) >= 11 is 3.50. The molecule has 1 aromatic rings. The molecule has 0 aromatic heterocycles. The van der Waals surface area contributed by atoms with E-state index in [1.54, 1.807) is 0 Å². The fourth-order valence-electron chi connectivity index (χ4n) is 1.68. The Morgan fingerprint density at radius 2 is 2.05 bits per heavy atom. The van der Waals surface area contributed by atoms with Crippen LogP contribution in [0.4, 0.5) is 0 Å². The molecule has 1 aromatic carbocycles. The van der Waals surface area contributed by atoms with Crippen molar-refractivity contribution in [2.75, 3.05) is 26.4 Å². The van der Waals surface area contributed by atoms with E-state index in [2.05, 4.69) is 41.2 Å². The highest BCUT2D eigenvalue weighted by atomic mass is 79.9. The Kier molecular flexibility index (Phi) is 8.10. The van der Waals surface area contributed by atoms with Gasteiger partial charge in [0, 0.05) is 23.2 Å². The van der Waals surface area contributed by atoms with Gasteiger partial charge in [0.2, 0.25) is 0 Å². The quantitative estimate of drug-likeness (QED) is 0.702. The standard InChI is InChI=1S/C15H24BrNO2/c1-4-18-7-8-19-15-6-5-14(16)9-13(15)11-17-10-12(2)3/h5-6,9,12,17H,4,7-8,10-11H2,1-3H3. The number of hydrogen-bond acceptors (Lipinski definition) is 3. The number of halogens is 1. The van der Waals surface area contributed by atoms with Crippen LogP contribution in [0.2, 0.25) is 0 Å². The van der Waals surface area contributed by atoms with Crippen LogP contribution in [0.1, 0.15) is 26.3 Å². The van der Waals surface area contributed by atoms with E-state index in [1.165, 1.54) is 5.56 Å². The summed E-state index contributed by atoms with van der Waals surface area (Å²) in [4.78, 5) is 0. The van der Waals surface area contributed by atoms with Crippen LogP contribution in [-0.4, -0.2) is 26.4 Å². The lowest BCUT2D eigenvalue weighted by Crippen LogP contribution is -2.19. The van der Waals surface area contributed by atoms with Gasteiger partial charge in [-0.1, -0.05) is 29.8 Å². The van der Waals surface area contributed by atoms with Crippen LogP contribution in [0, 0.1) is 5.92 Å². The largest absolute Gasteiger partial charge is 0.491 e. The fraction of sp³-hybridized carbons (Fsp3) is 0.600. The van der Waals surface area contributed by atoms with Gasteiger partial charge in [0.1, 0.15) is 12.4 Å². The molecule has 1 rings (SSSR count). The van der Waals surface area contributed by atoms with Crippen molar-refractivity contribution in [2.24, 2.45) is 5.92 Å². The molecular formula is C15H24BrNO2. The van der Waals surface area contributed by atoms with Gasteiger partial charge in [0.15, 0.2) is 0 Å². The van der Waals surface area contributed by atoms with Crippen molar-refractivity contribution in [2.45, 2.75) is 27.3 Å². The Hall–Kier alpha value is -0.580. The minimum Gasteiger partial charge on any atom is -0.491 e. The summed E-state index contributed by atoms with van der Waals surface area (Å²) in [5.41, 5.74) is 1.17. The maximum Gasteiger partial charge on any atom is 0.123 e. The summed E-state index contributed by atoms with van der Waals surface area (Å²) in [5, 5.41) is 3.44. The predicted molar refractivity (Wildman–Crippen MR) is 82.7 cm³/mol. The van der Waals surface area contributed by atoms with Gasteiger partial charge >= 0.3 is 0 Å². The third kappa shape index (κ3) is 6.95. The zero-order chi connectivity index (χ0) is 14.1. The Morgan fingerprint density at radius 1 is 1.26 bits per heavy atom. The Morgan fingerprint density at radius 3 is 2.74 bits per heavy atom. The molecule has 0 saturated heterocycles. The molecule has 4 heteroatoms. The molecule has 0 unspecified atom stereocenters. The monoisotopic (exact) mass is 329 g/mol. The fourth-order valence-corrected chi connectivity index (χ4v) is 2.09. The van der Waals surface area contributed by atoms with Crippen LogP contribution < -0.4 is 10.1 Å². The average molecular weight is 330 g/mol. The lowest BCUT2D eigenvalue weighted by Gasteiger charge is -2.13. The van der Waals surface area contributed by atoms with Gasteiger partial charge in [-0.3, -0.25) is 0 Å². The third-order valence-corrected chi connectivity index (χ3v) is 3.07. The molecule has 0 aliphatic heterocycles. The van der Waals surface area contributed by atoms with Crippen LogP contribution in [0.15, 0.2) is 22.7 Å². The van der Waals surface area contributed by atoms with Gasteiger partial charge in [-0.25, -0.2) is 0 Å². The summed E-state index contributed by atoms with van der Waals surface area (Å²) in [6.45, 7) is 10.2. The third-order valence-electron chi connectivity index (χ3n) is 2.58. The average Bonchev–Trinajstić information content (AvgIpc) is 2.36. The molecule has 108 valence electrons. The lowest BCUT2D eigenvalue weighted by atomic mass is 10.2. The van der Waals surface area contributed by atoms with E-state index < -0.39 is 0 Å². The molecular weight excluding hydrogens is 306 g/mol. The van der Waals surface area contributed by atoms with Crippen molar-refractivity contribution in [3.63, 3.8) is 0 Å². The van der Waals surface area contributed by atoms with Gasteiger partial charge in [-0.05, 0) is 37.6 Å². The number of rotatable bonds is 9. The summed E-state index contributed by atoms with van der Waals surface area (Å²) in [6, 6.07) is 6.10. The topological polar surface area (TPSA) is 30.5 Å². The van der Waals surface area contributed by atoms with E-state index >= 15 is 0 Å². The summed E-state index contributed by atoms with van der Waals surface area (Å²) in [6.07, 6.45) is 0. The lowest BCUT2D eigenvalue weighted by molar-refractivity contribution is 0.110. The molecule has 0 saturated carbocycles. The van der Waals surface area contributed by atoms with Crippen LogP contribution in [-0.2, 0) is 11.3 Å². The maximum atomic E-state index is 5.77. The molecule has 0 heterocycles. The Balaban J connectivity index is 2.53. The molecule has 0 bridgehead atoms. The second-order valence-corrected chi connectivity index (χ2v) is 5.74.